The lowest BCUT2D eigenvalue weighted by molar-refractivity contribution is 0.142. The standard InChI is InChI=1S/C24H35F3/c1-2-17-7-11-20(12-8-17)21-13-9-18(10-14-21)5-3-4-6-19-15-22(25)24(27)23(26)16-19/h15-18,20-21H,2-14H2,1H3. The van der Waals surface area contributed by atoms with Gasteiger partial charge in [-0.1, -0.05) is 51.9 Å². The second-order valence-corrected chi connectivity index (χ2v) is 9.09. The van der Waals surface area contributed by atoms with E-state index in [1.54, 1.807) is 0 Å². The first kappa shape index (κ1) is 20.7. The predicted molar refractivity (Wildman–Crippen MR) is 105 cm³/mol. The molecule has 0 amide bonds. The van der Waals surface area contributed by atoms with Gasteiger partial charge in [-0.15, -0.1) is 0 Å². The summed E-state index contributed by atoms with van der Waals surface area (Å²) in [5.74, 6) is 0.253. The minimum absolute atomic E-state index is 0.567. The molecule has 2 fully saturated rings. The van der Waals surface area contributed by atoms with Crippen molar-refractivity contribution in [1.82, 2.24) is 0 Å². The molecule has 0 spiro atoms. The molecule has 0 saturated heterocycles. The van der Waals surface area contributed by atoms with Gasteiger partial charge in [0.1, 0.15) is 0 Å². The summed E-state index contributed by atoms with van der Waals surface area (Å²) in [4.78, 5) is 0. The highest BCUT2D eigenvalue weighted by atomic mass is 19.2. The molecule has 0 aliphatic heterocycles. The van der Waals surface area contributed by atoms with Crippen LogP contribution in [0.3, 0.4) is 0 Å². The summed E-state index contributed by atoms with van der Waals surface area (Å²) in [6.07, 6.45) is 16.6. The van der Waals surface area contributed by atoms with E-state index < -0.39 is 17.5 Å². The van der Waals surface area contributed by atoms with Crippen LogP contribution in [0.4, 0.5) is 13.2 Å². The van der Waals surface area contributed by atoms with Crippen LogP contribution in [-0.4, -0.2) is 0 Å². The average Bonchev–Trinajstić information content (AvgIpc) is 2.70. The molecule has 0 heterocycles. The van der Waals surface area contributed by atoms with Crippen LogP contribution in [0.5, 0.6) is 0 Å². The summed E-state index contributed by atoms with van der Waals surface area (Å²) in [6.45, 7) is 2.33. The summed E-state index contributed by atoms with van der Waals surface area (Å²) in [6, 6.07) is 2.27. The molecule has 3 rings (SSSR count). The van der Waals surface area contributed by atoms with Crippen LogP contribution < -0.4 is 0 Å². The van der Waals surface area contributed by atoms with Crippen LogP contribution in [-0.2, 0) is 6.42 Å². The van der Waals surface area contributed by atoms with E-state index in [2.05, 4.69) is 6.92 Å². The van der Waals surface area contributed by atoms with Crippen LogP contribution in [0.1, 0.15) is 89.5 Å². The molecular formula is C24H35F3. The van der Waals surface area contributed by atoms with E-state index in [9.17, 15) is 13.2 Å². The highest BCUT2D eigenvalue weighted by Crippen LogP contribution is 2.42. The number of aryl methyl sites for hydroxylation is 1. The van der Waals surface area contributed by atoms with Crippen LogP contribution in [0.15, 0.2) is 12.1 Å². The van der Waals surface area contributed by atoms with Crippen LogP contribution in [0.25, 0.3) is 0 Å². The Kier molecular flexibility index (Phi) is 7.66. The number of halogens is 3. The molecule has 1 aromatic rings. The SMILES string of the molecule is CCC1CCC(C2CCC(CCCCc3cc(F)c(F)c(F)c3)CC2)CC1. The van der Waals surface area contributed by atoms with Crippen LogP contribution in [0, 0.1) is 41.1 Å². The second kappa shape index (κ2) is 9.98. The van der Waals surface area contributed by atoms with Crippen molar-refractivity contribution >= 4 is 0 Å². The highest BCUT2D eigenvalue weighted by molar-refractivity contribution is 5.19. The molecule has 2 aliphatic carbocycles. The molecule has 0 nitrogen and oxygen atoms in total. The van der Waals surface area contributed by atoms with Crippen LogP contribution >= 0.6 is 0 Å². The molecule has 27 heavy (non-hydrogen) atoms. The maximum Gasteiger partial charge on any atom is 0.194 e. The summed E-state index contributed by atoms with van der Waals surface area (Å²) in [5, 5.41) is 0. The van der Waals surface area contributed by atoms with E-state index in [1.165, 1.54) is 64.2 Å². The lowest BCUT2D eigenvalue weighted by Gasteiger charge is -2.37. The van der Waals surface area contributed by atoms with Gasteiger partial charge in [-0.2, -0.15) is 0 Å². The van der Waals surface area contributed by atoms with Crippen molar-refractivity contribution in [3.8, 4) is 0 Å². The van der Waals surface area contributed by atoms with Gasteiger partial charge in [0.05, 0.1) is 0 Å². The number of hydrogen-bond donors (Lipinski definition) is 0. The van der Waals surface area contributed by atoms with Gasteiger partial charge in [-0.25, -0.2) is 13.2 Å². The van der Waals surface area contributed by atoms with Gasteiger partial charge in [0, 0.05) is 0 Å². The summed E-state index contributed by atoms with van der Waals surface area (Å²) in [7, 11) is 0. The smallest absolute Gasteiger partial charge is 0.194 e. The Morgan fingerprint density at radius 3 is 1.78 bits per heavy atom. The Hall–Kier alpha value is -0.990. The third-order valence-corrected chi connectivity index (χ3v) is 7.40. The van der Waals surface area contributed by atoms with Crippen molar-refractivity contribution < 1.29 is 13.2 Å². The van der Waals surface area contributed by atoms with E-state index in [-0.39, 0.29) is 0 Å². The number of rotatable bonds is 7. The van der Waals surface area contributed by atoms with Gasteiger partial charge in [0.2, 0.25) is 0 Å². The number of benzene rings is 1. The average molecular weight is 381 g/mol. The Morgan fingerprint density at radius 1 is 0.741 bits per heavy atom. The van der Waals surface area contributed by atoms with E-state index in [0.717, 1.165) is 48.6 Å². The molecule has 0 atom stereocenters. The largest absolute Gasteiger partial charge is 0.204 e. The molecule has 152 valence electrons. The van der Waals surface area contributed by atoms with Gasteiger partial charge >= 0.3 is 0 Å². The summed E-state index contributed by atoms with van der Waals surface area (Å²) in [5.41, 5.74) is 0.567. The molecule has 0 N–H and O–H groups in total. The fraction of sp³-hybridized carbons (Fsp3) is 0.750. The zero-order chi connectivity index (χ0) is 19.2. The lowest BCUT2D eigenvalue weighted by Crippen LogP contribution is -2.25. The summed E-state index contributed by atoms with van der Waals surface area (Å²) < 4.78 is 39.5. The third kappa shape index (κ3) is 5.74. The molecular weight excluding hydrogens is 345 g/mol. The molecule has 1 aromatic carbocycles. The quantitative estimate of drug-likeness (QED) is 0.334. The zero-order valence-electron chi connectivity index (χ0n) is 16.8. The van der Waals surface area contributed by atoms with Crippen molar-refractivity contribution in [2.45, 2.75) is 90.4 Å². The van der Waals surface area contributed by atoms with Crippen molar-refractivity contribution in [2.75, 3.05) is 0 Å². The Labute approximate surface area is 162 Å². The van der Waals surface area contributed by atoms with E-state index in [1.807, 2.05) is 0 Å². The molecule has 0 bridgehead atoms. The molecule has 0 radical (unpaired) electrons. The minimum atomic E-state index is -1.36. The zero-order valence-corrected chi connectivity index (χ0v) is 16.8. The maximum absolute atomic E-state index is 13.3. The van der Waals surface area contributed by atoms with E-state index >= 15 is 0 Å². The Balaban J connectivity index is 1.32. The highest BCUT2D eigenvalue weighted by Gasteiger charge is 2.30. The van der Waals surface area contributed by atoms with Crippen LogP contribution in [0.2, 0.25) is 0 Å². The van der Waals surface area contributed by atoms with Crippen molar-refractivity contribution in [1.29, 1.82) is 0 Å². The molecule has 2 saturated carbocycles. The summed E-state index contributed by atoms with van der Waals surface area (Å²) >= 11 is 0. The molecule has 2 aliphatic rings. The van der Waals surface area contributed by atoms with Crippen molar-refractivity contribution in [3.05, 3.63) is 35.1 Å². The van der Waals surface area contributed by atoms with Gasteiger partial charge < -0.3 is 0 Å². The molecule has 0 aromatic heterocycles. The van der Waals surface area contributed by atoms with Crippen molar-refractivity contribution in [2.24, 2.45) is 23.7 Å². The Morgan fingerprint density at radius 2 is 1.26 bits per heavy atom. The van der Waals surface area contributed by atoms with Crippen molar-refractivity contribution in [3.63, 3.8) is 0 Å². The minimum Gasteiger partial charge on any atom is -0.204 e. The predicted octanol–water partition coefficient (Wildman–Crippen LogP) is 7.84. The second-order valence-electron chi connectivity index (χ2n) is 9.09. The fourth-order valence-corrected chi connectivity index (χ4v) is 5.53. The fourth-order valence-electron chi connectivity index (χ4n) is 5.53. The third-order valence-electron chi connectivity index (χ3n) is 7.40. The molecule has 3 heteroatoms. The first-order valence-corrected chi connectivity index (χ1v) is 11.2. The normalized spacial score (nSPS) is 29.0. The monoisotopic (exact) mass is 380 g/mol. The van der Waals surface area contributed by atoms with E-state index in [0.29, 0.717) is 12.0 Å². The van der Waals surface area contributed by atoms with Gasteiger partial charge in [0.15, 0.2) is 17.5 Å². The van der Waals surface area contributed by atoms with Gasteiger partial charge in [-0.05, 0) is 79.9 Å². The first-order chi connectivity index (χ1) is 13.1. The first-order valence-electron chi connectivity index (χ1n) is 11.2. The van der Waals surface area contributed by atoms with E-state index in [4.69, 9.17) is 0 Å². The molecule has 0 unspecified atom stereocenters. The number of unbranched alkanes of at least 4 members (excludes halogenated alkanes) is 1. The van der Waals surface area contributed by atoms with Gasteiger partial charge in [-0.3, -0.25) is 0 Å². The lowest BCUT2D eigenvalue weighted by atomic mass is 9.68. The topological polar surface area (TPSA) is 0 Å². The maximum atomic E-state index is 13.3. The van der Waals surface area contributed by atoms with Gasteiger partial charge in [0.25, 0.3) is 0 Å². The Bertz CT molecular complexity index is 558. The number of hydrogen-bond acceptors (Lipinski definition) is 0.